The van der Waals surface area contributed by atoms with E-state index >= 15 is 0 Å². The van der Waals surface area contributed by atoms with Crippen LogP contribution in [0.3, 0.4) is 0 Å². The van der Waals surface area contributed by atoms with Crippen molar-refractivity contribution in [1.82, 2.24) is 10.2 Å². The van der Waals surface area contributed by atoms with E-state index in [9.17, 15) is 4.79 Å². The maximum absolute atomic E-state index is 12.8. The average molecular weight is 350 g/mol. The van der Waals surface area contributed by atoms with E-state index in [0.29, 0.717) is 11.5 Å². The maximum atomic E-state index is 12.8. The van der Waals surface area contributed by atoms with Gasteiger partial charge in [0, 0.05) is 37.2 Å². The molecule has 0 radical (unpaired) electrons. The van der Waals surface area contributed by atoms with Crippen LogP contribution in [-0.2, 0) is 6.54 Å². The quantitative estimate of drug-likeness (QED) is 0.916. The monoisotopic (exact) mass is 350 g/mol. The van der Waals surface area contributed by atoms with Gasteiger partial charge in [0.2, 0.25) is 0 Å². The summed E-state index contributed by atoms with van der Waals surface area (Å²) >= 11 is 0. The molecule has 3 atom stereocenters. The molecule has 0 aromatic heterocycles. The van der Waals surface area contributed by atoms with Gasteiger partial charge >= 0.3 is 0 Å². The number of nitrogens with one attached hydrogen (secondary N) is 1. The van der Waals surface area contributed by atoms with Crippen LogP contribution < -0.4 is 10.1 Å². The zero-order valence-electron chi connectivity index (χ0n) is 15.4. The second-order valence-electron chi connectivity index (χ2n) is 7.52. The Morgan fingerprint density at radius 1 is 1.15 bits per heavy atom. The van der Waals surface area contributed by atoms with E-state index in [2.05, 4.69) is 54.4 Å². The Morgan fingerprint density at radius 3 is 2.77 bits per heavy atom. The van der Waals surface area contributed by atoms with E-state index in [1.807, 2.05) is 18.2 Å². The molecule has 1 N–H and O–H groups in total. The number of nitrogens with zero attached hydrogens (tertiary/aromatic N) is 1. The third-order valence-corrected chi connectivity index (χ3v) is 5.65. The fourth-order valence-electron chi connectivity index (χ4n) is 3.96. The van der Waals surface area contributed by atoms with E-state index < -0.39 is 0 Å². The van der Waals surface area contributed by atoms with Gasteiger partial charge in [0.25, 0.3) is 5.91 Å². The van der Waals surface area contributed by atoms with Gasteiger partial charge in [-0.3, -0.25) is 9.69 Å². The van der Waals surface area contributed by atoms with Crippen LogP contribution in [0.5, 0.6) is 5.75 Å². The molecule has 26 heavy (non-hydrogen) atoms. The number of likely N-dealkylation sites (tertiary alicyclic amines) is 1. The highest BCUT2D eigenvalue weighted by Crippen LogP contribution is 2.40. The van der Waals surface area contributed by atoms with Crippen LogP contribution in [0, 0.1) is 0 Å². The first-order chi connectivity index (χ1) is 12.6. The summed E-state index contributed by atoms with van der Waals surface area (Å²) in [5, 5.41) is 3.21. The number of fused-ring (bicyclic) bond motifs is 1. The number of carbonyl (C=O) groups is 1. The van der Waals surface area contributed by atoms with Gasteiger partial charge in [-0.15, -0.1) is 0 Å². The van der Waals surface area contributed by atoms with Crippen LogP contribution in [0.25, 0.3) is 0 Å². The molecule has 0 bridgehead atoms. The Kier molecular flexibility index (Phi) is 4.68. The first-order valence-corrected chi connectivity index (χ1v) is 9.48. The minimum absolute atomic E-state index is 0.0188. The fourth-order valence-corrected chi connectivity index (χ4v) is 3.96. The van der Waals surface area contributed by atoms with Crippen LogP contribution in [0.4, 0.5) is 0 Å². The standard InChI is InChI=1S/C22H26N2O2/c1-15-16(2)26-21-19(15)9-6-10-20(21)22(25)23-18-11-12-24(14-18)13-17-7-4-3-5-8-17/h3-10,15-16,18H,11-14H2,1-2H3,(H,23,25)/t15-,16+,18+/m1/s1. The molecule has 2 aromatic carbocycles. The molecule has 0 spiro atoms. The predicted molar refractivity (Wildman–Crippen MR) is 103 cm³/mol. The Hall–Kier alpha value is -2.33. The number of rotatable bonds is 4. The topological polar surface area (TPSA) is 41.6 Å². The average Bonchev–Trinajstić information content (AvgIpc) is 3.20. The predicted octanol–water partition coefficient (Wildman–Crippen LogP) is 3.58. The Balaban J connectivity index is 1.39. The van der Waals surface area contributed by atoms with Crippen molar-refractivity contribution >= 4 is 5.91 Å². The zero-order chi connectivity index (χ0) is 18.1. The summed E-state index contributed by atoms with van der Waals surface area (Å²) in [4.78, 5) is 15.2. The third kappa shape index (κ3) is 3.34. The van der Waals surface area contributed by atoms with Gasteiger partial charge in [-0.1, -0.05) is 49.4 Å². The lowest BCUT2D eigenvalue weighted by molar-refractivity contribution is 0.0932. The lowest BCUT2D eigenvalue weighted by Crippen LogP contribution is -2.37. The SMILES string of the molecule is C[C@@H]1Oc2c(C(=O)N[C@H]3CCN(Cc4ccccc4)C3)cccc2[C@@H]1C. The van der Waals surface area contributed by atoms with Crippen molar-refractivity contribution in [2.45, 2.75) is 44.9 Å². The largest absolute Gasteiger partial charge is 0.489 e. The number of benzene rings is 2. The molecule has 1 saturated heterocycles. The van der Waals surface area contributed by atoms with Crippen molar-refractivity contribution in [1.29, 1.82) is 0 Å². The van der Waals surface area contributed by atoms with E-state index in [-0.39, 0.29) is 18.1 Å². The van der Waals surface area contributed by atoms with Gasteiger partial charge in [-0.05, 0) is 25.0 Å². The second-order valence-corrected chi connectivity index (χ2v) is 7.52. The summed E-state index contributed by atoms with van der Waals surface area (Å²) in [5.41, 5.74) is 3.12. The van der Waals surface area contributed by atoms with Crippen molar-refractivity contribution in [2.24, 2.45) is 0 Å². The van der Waals surface area contributed by atoms with Gasteiger partial charge in [-0.25, -0.2) is 0 Å². The first kappa shape index (κ1) is 17.1. The van der Waals surface area contributed by atoms with E-state index in [4.69, 9.17) is 4.74 Å². The minimum Gasteiger partial charge on any atom is -0.489 e. The maximum Gasteiger partial charge on any atom is 0.255 e. The molecule has 2 aromatic rings. The van der Waals surface area contributed by atoms with E-state index in [1.54, 1.807) is 0 Å². The summed E-state index contributed by atoms with van der Waals surface area (Å²) in [6.07, 6.45) is 1.10. The molecule has 136 valence electrons. The number of carbonyl (C=O) groups excluding carboxylic acids is 1. The first-order valence-electron chi connectivity index (χ1n) is 9.48. The highest BCUT2D eigenvalue weighted by atomic mass is 16.5. The zero-order valence-corrected chi connectivity index (χ0v) is 15.4. The van der Waals surface area contributed by atoms with Gasteiger partial charge < -0.3 is 10.1 Å². The molecular formula is C22H26N2O2. The Labute approximate surface area is 155 Å². The van der Waals surface area contributed by atoms with Crippen molar-refractivity contribution in [3.8, 4) is 5.75 Å². The molecule has 1 fully saturated rings. The van der Waals surface area contributed by atoms with Crippen molar-refractivity contribution in [3.05, 3.63) is 65.2 Å². The lowest BCUT2D eigenvalue weighted by atomic mass is 9.96. The lowest BCUT2D eigenvalue weighted by Gasteiger charge is -2.17. The third-order valence-electron chi connectivity index (χ3n) is 5.65. The smallest absolute Gasteiger partial charge is 0.255 e. The molecule has 4 rings (SSSR count). The Morgan fingerprint density at radius 2 is 1.96 bits per heavy atom. The summed E-state index contributed by atoms with van der Waals surface area (Å²) in [6, 6.07) is 16.6. The summed E-state index contributed by atoms with van der Waals surface area (Å²) < 4.78 is 5.96. The molecular weight excluding hydrogens is 324 g/mol. The molecule has 2 aliphatic rings. The molecule has 4 heteroatoms. The molecule has 0 saturated carbocycles. The summed E-state index contributed by atoms with van der Waals surface area (Å²) in [6.45, 7) is 7.05. The second kappa shape index (κ2) is 7.12. The molecule has 0 unspecified atom stereocenters. The van der Waals surface area contributed by atoms with Crippen LogP contribution in [0.1, 0.15) is 47.7 Å². The van der Waals surface area contributed by atoms with Crippen LogP contribution >= 0.6 is 0 Å². The molecule has 1 amide bonds. The molecule has 2 heterocycles. The number of ether oxygens (including phenoxy) is 1. The van der Waals surface area contributed by atoms with Crippen molar-refractivity contribution < 1.29 is 9.53 Å². The highest BCUT2D eigenvalue weighted by Gasteiger charge is 2.32. The van der Waals surface area contributed by atoms with E-state index in [1.165, 1.54) is 5.56 Å². The summed E-state index contributed by atoms with van der Waals surface area (Å²) in [5.74, 6) is 1.07. The van der Waals surface area contributed by atoms with Gasteiger partial charge in [0.1, 0.15) is 11.9 Å². The Bertz CT molecular complexity index is 790. The van der Waals surface area contributed by atoms with Crippen LogP contribution in [-0.4, -0.2) is 36.0 Å². The minimum atomic E-state index is -0.0188. The number of para-hydroxylation sites is 1. The molecule has 2 aliphatic heterocycles. The number of amides is 1. The fraction of sp³-hybridized carbons (Fsp3) is 0.409. The van der Waals surface area contributed by atoms with Gasteiger partial charge in [-0.2, -0.15) is 0 Å². The number of hydrogen-bond acceptors (Lipinski definition) is 3. The van der Waals surface area contributed by atoms with Gasteiger partial charge in [0.05, 0.1) is 5.56 Å². The van der Waals surface area contributed by atoms with Crippen LogP contribution in [0.15, 0.2) is 48.5 Å². The molecule has 0 aliphatic carbocycles. The summed E-state index contributed by atoms with van der Waals surface area (Å²) in [7, 11) is 0. The van der Waals surface area contributed by atoms with E-state index in [0.717, 1.165) is 37.4 Å². The van der Waals surface area contributed by atoms with Gasteiger partial charge in [0.15, 0.2) is 0 Å². The normalized spacial score (nSPS) is 24.9. The van der Waals surface area contributed by atoms with Crippen LogP contribution in [0.2, 0.25) is 0 Å². The highest BCUT2D eigenvalue weighted by molar-refractivity contribution is 5.97. The van der Waals surface area contributed by atoms with Crippen molar-refractivity contribution in [2.75, 3.05) is 13.1 Å². The molecule has 4 nitrogen and oxygen atoms in total. The number of hydrogen-bond donors (Lipinski definition) is 1. The van der Waals surface area contributed by atoms with Crippen molar-refractivity contribution in [3.63, 3.8) is 0 Å².